The van der Waals surface area contributed by atoms with Crippen LogP contribution < -0.4 is 5.32 Å². The first-order valence-electron chi connectivity index (χ1n) is 20.3. The van der Waals surface area contributed by atoms with E-state index in [4.69, 9.17) is 21.3 Å². The Labute approximate surface area is 355 Å². The Kier molecular flexibility index (Phi) is 15.8. The first kappa shape index (κ1) is 44.0. The van der Waals surface area contributed by atoms with Crippen molar-refractivity contribution in [1.82, 2.24) is 4.90 Å². The van der Waals surface area contributed by atoms with E-state index < -0.39 is 0 Å². The van der Waals surface area contributed by atoms with Gasteiger partial charge in [0.25, 0.3) is 0 Å². The van der Waals surface area contributed by atoms with Gasteiger partial charge in [-0.25, -0.2) is 0 Å². The van der Waals surface area contributed by atoms with Crippen LogP contribution in [0.5, 0.6) is 0 Å². The molecule has 0 fully saturated rings. The van der Waals surface area contributed by atoms with Gasteiger partial charge in [-0.05, 0) is 78.0 Å². The van der Waals surface area contributed by atoms with Gasteiger partial charge in [0.05, 0.1) is 0 Å². The third-order valence-corrected chi connectivity index (χ3v) is 12.7. The maximum atomic E-state index is 6.43. The van der Waals surface area contributed by atoms with Crippen molar-refractivity contribution in [2.75, 3.05) is 11.2 Å². The van der Waals surface area contributed by atoms with Gasteiger partial charge < -0.3 is 5.32 Å². The summed E-state index contributed by atoms with van der Waals surface area (Å²) in [4.78, 5) is 2.49. The Hall–Kier alpha value is -3.07. The van der Waals surface area contributed by atoms with E-state index in [1.54, 1.807) is 0 Å². The number of halogens is 2. The van der Waals surface area contributed by atoms with Crippen LogP contribution in [0.4, 0.5) is 5.69 Å². The summed E-state index contributed by atoms with van der Waals surface area (Å²) in [6, 6.07) is 45.8. The zero-order chi connectivity index (χ0) is 40.3. The Bertz CT molecular complexity index is 1940. The van der Waals surface area contributed by atoms with E-state index in [2.05, 4.69) is 198 Å². The minimum absolute atomic E-state index is 0.0613. The predicted octanol–water partition coefficient (Wildman–Crippen LogP) is 14.0. The molecule has 0 spiro atoms. The van der Waals surface area contributed by atoms with Gasteiger partial charge in [-0.2, -0.15) is 0 Å². The number of hydrogen-bond acceptors (Lipinski definition) is 2. The Balaban J connectivity index is 0.000000219. The number of anilines is 1. The minimum atomic E-state index is -0.216. The van der Waals surface area contributed by atoms with E-state index in [-0.39, 0.29) is 32.1 Å². The molecule has 0 amide bonds. The standard InChI is InChI=1S/C29H42ClN.C22H21N.ClH.Ru/c1-20(2)22-12-11-13-23(21(3)4)26(22)31-28(7,8)19-29(16-17-30)18-27(5,6)24-14-9-10-15-25(24)29;1-19-10-8-9-15-22(19)18-23(16-20-11-4-2-5-12-20)17-21-13-6-3-7-14-21;;/h9-15,20-21,31H,16-19H2,1-8H3;1-15H,16-18H2;1H;/q;;;+1/p-1. The summed E-state index contributed by atoms with van der Waals surface area (Å²) >= 11 is 6.22. The maximum absolute atomic E-state index is 6.43. The molecule has 2 nitrogen and oxygen atoms in total. The second-order valence-corrected chi connectivity index (χ2v) is 19.8. The average molecular weight is 876 g/mol. The molecular weight excluding hydrogens is 813 g/mol. The summed E-state index contributed by atoms with van der Waals surface area (Å²) in [6.45, 7) is 21.5. The Morgan fingerprint density at radius 2 is 1.21 bits per heavy atom. The molecule has 0 saturated heterocycles. The van der Waals surface area contributed by atoms with E-state index in [0.29, 0.717) is 17.7 Å². The van der Waals surface area contributed by atoms with Gasteiger partial charge in [-0.3, -0.25) is 0 Å². The van der Waals surface area contributed by atoms with Crippen LogP contribution in [0.25, 0.3) is 0 Å². The molecule has 1 aliphatic carbocycles. The third-order valence-electron chi connectivity index (χ3n) is 11.3. The summed E-state index contributed by atoms with van der Waals surface area (Å²) in [6.07, 6.45) is 3.24. The van der Waals surface area contributed by atoms with Crippen molar-refractivity contribution in [1.29, 1.82) is 0 Å². The predicted molar refractivity (Wildman–Crippen MR) is 241 cm³/mol. The molecule has 5 heteroatoms. The van der Waals surface area contributed by atoms with Gasteiger partial charge in [-0.1, -0.05) is 84.0 Å². The van der Waals surface area contributed by atoms with Crippen LogP contribution in [0, 0.1) is 0 Å². The molecule has 1 N–H and O–H groups in total. The second kappa shape index (κ2) is 20.1. The molecule has 1 atom stereocenters. The zero-order valence-electron chi connectivity index (χ0n) is 34.9. The van der Waals surface area contributed by atoms with E-state index in [9.17, 15) is 0 Å². The Morgan fingerprint density at radius 3 is 1.75 bits per heavy atom. The van der Waals surface area contributed by atoms with Crippen molar-refractivity contribution in [3.63, 3.8) is 0 Å². The molecule has 0 radical (unpaired) electrons. The molecule has 0 saturated carbocycles. The number of nitrogens with zero attached hydrogens (tertiary/aromatic N) is 1. The summed E-state index contributed by atoms with van der Waals surface area (Å²) in [5, 5.41) is 4.04. The molecule has 0 bridgehead atoms. The van der Waals surface area contributed by atoms with Crippen LogP contribution in [0.1, 0.15) is 131 Å². The van der Waals surface area contributed by atoms with Gasteiger partial charge in [0.2, 0.25) is 0 Å². The van der Waals surface area contributed by atoms with Gasteiger partial charge in [0, 0.05) is 17.1 Å². The van der Waals surface area contributed by atoms with Gasteiger partial charge in [0.1, 0.15) is 0 Å². The molecular formula is C51H63Cl2N2Ru. The van der Waals surface area contributed by atoms with Crippen LogP contribution in [0.2, 0.25) is 0 Å². The van der Waals surface area contributed by atoms with Gasteiger partial charge in [-0.15, -0.1) is 11.6 Å². The normalized spacial score (nSPS) is 16.4. The van der Waals surface area contributed by atoms with Crippen molar-refractivity contribution in [2.24, 2.45) is 0 Å². The molecule has 0 aromatic heterocycles. The number of fused-ring (bicyclic) bond motifs is 1. The van der Waals surface area contributed by atoms with Crippen molar-refractivity contribution in [3.8, 4) is 0 Å². The average Bonchev–Trinajstić information content (AvgIpc) is 3.38. The summed E-state index contributed by atoms with van der Waals surface area (Å²) in [7, 11) is 6.02. The molecule has 0 aliphatic heterocycles. The molecule has 56 heavy (non-hydrogen) atoms. The summed E-state index contributed by atoms with van der Waals surface area (Å²) in [5.41, 5.74) is 12.7. The fourth-order valence-corrected chi connectivity index (χ4v) is 10.6. The Morgan fingerprint density at radius 1 is 0.696 bits per heavy atom. The molecule has 0 heterocycles. The SMILES string of the molecule is CC(C)c1cccc(C(C)C)c1NC(C)(C)CC1(CCCl)CC(C)(C)c2ccccc21.[Cl][Ru]=[CH]c1ccccc1CN(Cc1ccccc1)Cc1ccccc1. The molecule has 6 rings (SSSR count). The number of benzene rings is 5. The topological polar surface area (TPSA) is 15.3 Å². The van der Waals surface area contributed by atoms with Crippen LogP contribution in [-0.4, -0.2) is 20.9 Å². The fraction of sp³-hybridized carbons (Fsp3) is 0.392. The van der Waals surface area contributed by atoms with Crippen molar-refractivity contribution in [3.05, 3.63) is 172 Å². The van der Waals surface area contributed by atoms with Crippen LogP contribution in [-0.2, 0) is 46.1 Å². The summed E-state index contributed by atoms with van der Waals surface area (Å²) < 4.78 is 2.17. The van der Waals surface area contributed by atoms with Crippen LogP contribution >= 0.6 is 21.3 Å². The number of nitrogens with one attached hydrogen (secondary N) is 1. The van der Waals surface area contributed by atoms with Gasteiger partial charge >= 0.3 is 162 Å². The zero-order valence-corrected chi connectivity index (χ0v) is 38.1. The molecule has 5 aromatic rings. The third kappa shape index (κ3) is 11.5. The molecule has 299 valence electrons. The van der Waals surface area contributed by atoms with E-state index in [1.807, 2.05) is 0 Å². The first-order valence-corrected chi connectivity index (χ1v) is 24.1. The quantitative estimate of drug-likeness (QED) is 0.0833. The fourth-order valence-electron chi connectivity index (χ4n) is 9.06. The molecule has 5 aromatic carbocycles. The second-order valence-electron chi connectivity index (χ2n) is 17.6. The number of para-hydroxylation sites is 1. The van der Waals surface area contributed by atoms with E-state index in [1.165, 1.54) is 50.2 Å². The van der Waals surface area contributed by atoms with Crippen molar-refractivity contribution in [2.45, 2.75) is 122 Å². The number of alkyl halides is 1. The first-order chi connectivity index (χ1) is 26.8. The van der Waals surface area contributed by atoms with E-state index in [0.717, 1.165) is 38.9 Å². The molecule has 1 unspecified atom stereocenters. The number of rotatable bonds is 15. The van der Waals surface area contributed by atoms with Gasteiger partial charge in [0.15, 0.2) is 0 Å². The molecule has 1 aliphatic rings. The van der Waals surface area contributed by atoms with Crippen molar-refractivity contribution < 1.29 is 15.7 Å². The van der Waals surface area contributed by atoms with Crippen LogP contribution in [0.3, 0.4) is 0 Å². The number of hydrogen-bond donors (Lipinski definition) is 1. The summed E-state index contributed by atoms with van der Waals surface area (Å²) in [5.74, 6) is 1.67. The monoisotopic (exact) mass is 875 g/mol. The van der Waals surface area contributed by atoms with Crippen molar-refractivity contribution >= 4 is 31.6 Å². The van der Waals surface area contributed by atoms with E-state index >= 15 is 0 Å². The van der Waals surface area contributed by atoms with Crippen LogP contribution in [0.15, 0.2) is 127 Å².